The van der Waals surface area contributed by atoms with E-state index in [4.69, 9.17) is 0 Å². The van der Waals surface area contributed by atoms with Gasteiger partial charge in [-0.2, -0.15) is 4.31 Å². The van der Waals surface area contributed by atoms with Crippen molar-refractivity contribution in [3.8, 4) is 0 Å². The van der Waals surface area contributed by atoms with Gasteiger partial charge in [0.1, 0.15) is 5.54 Å². The van der Waals surface area contributed by atoms with Crippen LogP contribution in [0.25, 0.3) is 0 Å². The molecule has 1 aromatic carbocycles. The van der Waals surface area contributed by atoms with Gasteiger partial charge in [0.05, 0.1) is 4.90 Å². The predicted molar refractivity (Wildman–Crippen MR) is 100 cm³/mol. The monoisotopic (exact) mass is 394 g/mol. The number of hydrogen-bond acceptors (Lipinski definition) is 4. The summed E-state index contributed by atoms with van der Waals surface area (Å²) in [5, 5.41) is 12.1. The Hall–Kier alpha value is -1.93. The molecule has 7 nitrogen and oxygen atoms in total. The predicted octanol–water partition coefficient (Wildman–Crippen LogP) is 2.15. The van der Waals surface area contributed by atoms with E-state index in [2.05, 4.69) is 5.32 Å². The molecule has 1 saturated carbocycles. The summed E-state index contributed by atoms with van der Waals surface area (Å²) in [5.74, 6) is -1.74. The lowest BCUT2D eigenvalue weighted by Gasteiger charge is -2.27. The van der Waals surface area contributed by atoms with Crippen LogP contribution < -0.4 is 5.32 Å². The van der Waals surface area contributed by atoms with Crippen molar-refractivity contribution in [1.29, 1.82) is 0 Å². The van der Waals surface area contributed by atoms with Crippen LogP contribution in [-0.4, -0.2) is 48.3 Å². The van der Waals surface area contributed by atoms with E-state index in [0.717, 1.165) is 32.1 Å². The smallest absolute Gasteiger partial charge is 0.329 e. The highest BCUT2D eigenvalue weighted by Crippen LogP contribution is 2.40. The van der Waals surface area contributed by atoms with Crippen LogP contribution >= 0.6 is 0 Å². The largest absolute Gasteiger partial charge is 0.480 e. The second-order valence-corrected chi connectivity index (χ2v) is 9.59. The highest BCUT2D eigenvalue weighted by molar-refractivity contribution is 7.89. The Morgan fingerprint density at radius 1 is 1.19 bits per heavy atom. The zero-order chi connectivity index (χ0) is 19.8. The molecule has 2 N–H and O–H groups in total. The van der Waals surface area contributed by atoms with Crippen LogP contribution in [0.3, 0.4) is 0 Å². The van der Waals surface area contributed by atoms with Crippen LogP contribution in [0.15, 0.2) is 23.1 Å². The second kappa shape index (κ2) is 7.24. The Morgan fingerprint density at radius 2 is 1.81 bits per heavy atom. The first-order chi connectivity index (χ1) is 12.7. The minimum atomic E-state index is -3.68. The Labute approximate surface area is 159 Å². The van der Waals surface area contributed by atoms with Crippen LogP contribution in [0.1, 0.15) is 54.9 Å². The van der Waals surface area contributed by atoms with Gasteiger partial charge in [0, 0.05) is 18.7 Å². The van der Waals surface area contributed by atoms with Gasteiger partial charge in [0.2, 0.25) is 10.0 Å². The fourth-order valence-electron chi connectivity index (χ4n) is 3.56. The first-order valence-electron chi connectivity index (χ1n) is 9.33. The van der Waals surface area contributed by atoms with Crippen molar-refractivity contribution in [2.24, 2.45) is 5.92 Å². The SMILES string of the molecule is Cc1ccc(C(=O)NC(C)(C(=O)O)C2CC2)cc1S(=O)(=O)N1CCCCC1. The van der Waals surface area contributed by atoms with Gasteiger partial charge < -0.3 is 10.4 Å². The van der Waals surface area contributed by atoms with E-state index in [9.17, 15) is 23.1 Å². The molecule has 0 bridgehead atoms. The molecule has 1 aliphatic heterocycles. The van der Waals surface area contributed by atoms with Gasteiger partial charge >= 0.3 is 5.97 Å². The van der Waals surface area contributed by atoms with Crippen LogP contribution in [0.5, 0.6) is 0 Å². The van der Waals surface area contributed by atoms with Crippen LogP contribution in [0.4, 0.5) is 0 Å². The summed E-state index contributed by atoms with van der Waals surface area (Å²) in [5.41, 5.74) is -0.613. The summed E-state index contributed by atoms with van der Waals surface area (Å²) in [7, 11) is -3.68. The van der Waals surface area contributed by atoms with Gasteiger partial charge in [0.25, 0.3) is 5.91 Å². The number of nitrogens with zero attached hydrogens (tertiary/aromatic N) is 1. The fourth-order valence-corrected chi connectivity index (χ4v) is 5.33. The van der Waals surface area contributed by atoms with Gasteiger partial charge in [-0.3, -0.25) is 4.79 Å². The molecule has 0 radical (unpaired) electrons. The number of carboxylic acids is 1. The molecule has 0 spiro atoms. The highest BCUT2D eigenvalue weighted by atomic mass is 32.2. The van der Waals surface area contributed by atoms with Crippen molar-refractivity contribution < 1.29 is 23.1 Å². The van der Waals surface area contributed by atoms with Gasteiger partial charge in [0.15, 0.2) is 0 Å². The van der Waals surface area contributed by atoms with Crippen LogP contribution in [0, 0.1) is 12.8 Å². The number of carboxylic acid groups (broad SMARTS) is 1. The molecule has 8 heteroatoms. The molecule has 3 rings (SSSR count). The molecular weight excluding hydrogens is 368 g/mol. The number of aryl methyl sites for hydroxylation is 1. The number of carbonyl (C=O) groups excluding carboxylic acids is 1. The van der Waals surface area contributed by atoms with Gasteiger partial charge in [-0.15, -0.1) is 0 Å². The maximum absolute atomic E-state index is 13.0. The summed E-state index contributed by atoms with van der Waals surface area (Å²) in [6.45, 7) is 4.17. The molecule has 1 amide bonds. The molecule has 1 unspecified atom stereocenters. The lowest BCUT2D eigenvalue weighted by molar-refractivity contribution is -0.144. The minimum Gasteiger partial charge on any atom is -0.480 e. The number of hydrogen-bond donors (Lipinski definition) is 2. The first-order valence-corrected chi connectivity index (χ1v) is 10.8. The van der Waals surface area contributed by atoms with Crippen molar-refractivity contribution in [1.82, 2.24) is 9.62 Å². The molecular formula is C19H26N2O5S. The van der Waals surface area contributed by atoms with Gasteiger partial charge in [-0.1, -0.05) is 12.5 Å². The number of benzene rings is 1. The summed E-state index contributed by atoms with van der Waals surface area (Å²) < 4.78 is 27.5. The molecule has 1 saturated heterocycles. The van der Waals surface area contributed by atoms with Crippen molar-refractivity contribution in [2.45, 2.75) is 56.4 Å². The standard InChI is InChI=1S/C19H26N2O5S/c1-13-6-7-14(17(22)20-19(2,18(23)24)15-8-9-15)12-16(13)27(25,26)21-10-4-3-5-11-21/h6-7,12,15H,3-5,8-11H2,1-2H3,(H,20,22)(H,23,24). The van der Waals surface area contributed by atoms with Gasteiger partial charge in [-0.25, -0.2) is 13.2 Å². The number of piperidine rings is 1. The Morgan fingerprint density at radius 3 is 2.37 bits per heavy atom. The third-order valence-electron chi connectivity index (χ3n) is 5.59. The molecule has 2 aliphatic rings. The van der Waals surface area contributed by atoms with E-state index >= 15 is 0 Å². The van der Waals surface area contributed by atoms with Crippen LogP contribution in [-0.2, 0) is 14.8 Å². The normalized spacial score (nSPS) is 20.7. The summed E-state index contributed by atoms with van der Waals surface area (Å²) in [4.78, 5) is 24.4. The van der Waals surface area contributed by atoms with E-state index in [1.165, 1.54) is 23.4 Å². The van der Waals surface area contributed by atoms with E-state index in [-0.39, 0.29) is 16.4 Å². The summed E-state index contributed by atoms with van der Waals surface area (Å²) >= 11 is 0. The topological polar surface area (TPSA) is 104 Å². The first kappa shape index (κ1) is 19.8. The average Bonchev–Trinajstić information content (AvgIpc) is 3.48. The number of nitrogens with one attached hydrogen (secondary N) is 1. The molecule has 0 aromatic heterocycles. The number of sulfonamides is 1. The Bertz CT molecular complexity index is 857. The van der Waals surface area contributed by atoms with Crippen LogP contribution in [0.2, 0.25) is 0 Å². The zero-order valence-electron chi connectivity index (χ0n) is 15.7. The third-order valence-corrected chi connectivity index (χ3v) is 7.64. The fraction of sp³-hybridized carbons (Fsp3) is 0.579. The number of aliphatic carboxylic acids is 1. The van der Waals surface area contributed by atoms with Gasteiger partial charge in [-0.05, 0) is 63.1 Å². The molecule has 1 heterocycles. The molecule has 27 heavy (non-hydrogen) atoms. The number of amides is 1. The lowest BCUT2D eigenvalue weighted by atomic mass is 9.95. The number of carbonyl (C=O) groups is 2. The van der Waals surface area contributed by atoms with E-state index in [1.807, 2.05) is 0 Å². The Kier molecular flexibility index (Phi) is 5.31. The molecule has 1 atom stereocenters. The van der Waals surface area contributed by atoms with E-state index < -0.39 is 27.4 Å². The molecule has 2 fully saturated rings. The molecule has 148 valence electrons. The lowest BCUT2D eigenvalue weighted by Crippen LogP contribution is -2.54. The maximum atomic E-state index is 13.0. The zero-order valence-corrected chi connectivity index (χ0v) is 16.5. The molecule has 1 aliphatic carbocycles. The van der Waals surface area contributed by atoms with Crippen molar-refractivity contribution >= 4 is 21.9 Å². The summed E-state index contributed by atoms with van der Waals surface area (Å²) in [6.07, 6.45) is 4.19. The van der Waals surface area contributed by atoms with Crippen molar-refractivity contribution in [3.63, 3.8) is 0 Å². The average molecular weight is 394 g/mol. The quantitative estimate of drug-likeness (QED) is 0.769. The maximum Gasteiger partial charge on any atom is 0.329 e. The van der Waals surface area contributed by atoms with E-state index in [1.54, 1.807) is 13.0 Å². The van der Waals surface area contributed by atoms with E-state index in [0.29, 0.717) is 18.7 Å². The van der Waals surface area contributed by atoms with Crippen molar-refractivity contribution in [3.05, 3.63) is 29.3 Å². The highest BCUT2D eigenvalue weighted by Gasteiger charge is 2.48. The Balaban J connectivity index is 1.88. The molecule has 1 aromatic rings. The second-order valence-electron chi connectivity index (χ2n) is 7.68. The third kappa shape index (κ3) is 3.87. The van der Waals surface area contributed by atoms with Crippen molar-refractivity contribution in [2.75, 3.05) is 13.1 Å². The number of rotatable bonds is 6. The minimum absolute atomic E-state index is 0.0963. The summed E-state index contributed by atoms with van der Waals surface area (Å²) in [6, 6.07) is 4.50.